The van der Waals surface area contributed by atoms with E-state index in [0.717, 1.165) is 36.7 Å². The van der Waals surface area contributed by atoms with Crippen molar-refractivity contribution >= 4 is 11.7 Å². The third-order valence-corrected chi connectivity index (χ3v) is 3.72. The first kappa shape index (κ1) is 12.9. The van der Waals surface area contributed by atoms with Crippen molar-refractivity contribution in [3.63, 3.8) is 0 Å². The zero-order chi connectivity index (χ0) is 15.1. The van der Waals surface area contributed by atoms with Crippen molar-refractivity contribution in [1.82, 2.24) is 39.7 Å². The quantitative estimate of drug-likeness (QED) is 0.724. The third kappa shape index (κ3) is 2.01. The molecule has 4 rings (SSSR count). The SMILES string of the molecule is Cc1ccn2c(C(=O)NCc3nnc4n3CCC4)nnc2n1. The van der Waals surface area contributed by atoms with Crippen LogP contribution in [0.15, 0.2) is 12.3 Å². The summed E-state index contributed by atoms with van der Waals surface area (Å²) >= 11 is 0. The Kier molecular flexibility index (Phi) is 2.84. The average molecular weight is 298 g/mol. The molecule has 0 aromatic carbocycles. The van der Waals surface area contributed by atoms with E-state index in [2.05, 4.69) is 30.7 Å². The molecule has 1 aliphatic heterocycles. The summed E-state index contributed by atoms with van der Waals surface area (Å²) < 4.78 is 3.61. The summed E-state index contributed by atoms with van der Waals surface area (Å²) in [6, 6.07) is 1.80. The fourth-order valence-corrected chi connectivity index (χ4v) is 2.61. The van der Waals surface area contributed by atoms with E-state index in [4.69, 9.17) is 0 Å². The van der Waals surface area contributed by atoms with E-state index in [0.29, 0.717) is 12.3 Å². The molecule has 112 valence electrons. The highest BCUT2D eigenvalue weighted by Crippen LogP contribution is 2.13. The van der Waals surface area contributed by atoms with Crippen LogP contribution in [0.3, 0.4) is 0 Å². The Labute approximate surface area is 125 Å². The molecule has 0 bridgehead atoms. The van der Waals surface area contributed by atoms with Crippen molar-refractivity contribution in [2.45, 2.75) is 32.9 Å². The summed E-state index contributed by atoms with van der Waals surface area (Å²) in [5, 5.41) is 18.8. The number of carbonyl (C=O) groups excluding carboxylic acids is 1. The number of rotatable bonds is 3. The van der Waals surface area contributed by atoms with E-state index in [1.54, 1.807) is 16.7 Å². The van der Waals surface area contributed by atoms with Crippen LogP contribution in [-0.4, -0.2) is 40.3 Å². The van der Waals surface area contributed by atoms with E-state index >= 15 is 0 Å². The number of hydrogen-bond donors (Lipinski definition) is 1. The molecule has 1 amide bonds. The largest absolute Gasteiger partial charge is 0.342 e. The van der Waals surface area contributed by atoms with Gasteiger partial charge in [0.25, 0.3) is 11.7 Å². The van der Waals surface area contributed by atoms with Gasteiger partial charge in [-0.05, 0) is 19.4 Å². The number of nitrogens with zero attached hydrogens (tertiary/aromatic N) is 7. The van der Waals surface area contributed by atoms with Crippen LogP contribution in [0, 0.1) is 6.92 Å². The molecule has 0 atom stereocenters. The monoisotopic (exact) mass is 298 g/mol. The number of aromatic nitrogens is 7. The fraction of sp³-hybridized carbons (Fsp3) is 0.385. The first-order valence-electron chi connectivity index (χ1n) is 7.10. The van der Waals surface area contributed by atoms with Crippen molar-refractivity contribution in [3.05, 3.63) is 35.4 Å². The van der Waals surface area contributed by atoms with Crippen molar-refractivity contribution in [2.24, 2.45) is 0 Å². The van der Waals surface area contributed by atoms with Gasteiger partial charge in [-0.2, -0.15) is 0 Å². The number of fused-ring (bicyclic) bond motifs is 2. The van der Waals surface area contributed by atoms with Crippen LogP contribution in [0.4, 0.5) is 0 Å². The van der Waals surface area contributed by atoms with E-state index in [-0.39, 0.29) is 11.7 Å². The van der Waals surface area contributed by atoms with Crippen LogP contribution in [0.25, 0.3) is 5.78 Å². The molecule has 1 N–H and O–H groups in total. The van der Waals surface area contributed by atoms with Crippen LogP contribution in [-0.2, 0) is 19.5 Å². The van der Waals surface area contributed by atoms with E-state index in [1.807, 2.05) is 11.5 Å². The molecular formula is C13H14N8O. The molecule has 0 fully saturated rings. The van der Waals surface area contributed by atoms with Gasteiger partial charge in [-0.3, -0.25) is 9.20 Å². The Hall–Kier alpha value is -2.84. The first-order valence-corrected chi connectivity index (χ1v) is 7.10. The summed E-state index contributed by atoms with van der Waals surface area (Å²) in [6.07, 6.45) is 3.76. The number of amides is 1. The standard InChI is InChI=1S/C13H14N8O/c1-8-4-6-21-11(18-19-13(21)15-8)12(22)14-7-10-17-16-9-3-2-5-20(9)10/h4,6H,2-3,5,7H2,1H3,(H,14,22). The fourth-order valence-electron chi connectivity index (χ4n) is 2.61. The molecular weight excluding hydrogens is 284 g/mol. The average Bonchev–Trinajstić information content (AvgIpc) is 3.19. The predicted molar refractivity (Wildman–Crippen MR) is 75.0 cm³/mol. The normalized spacial score (nSPS) is 13.5. The Balaban J connectivity index is 1.54. The topological polar surface area (TPSA) is 103 Å². The van der Waals surface area contributed by atoms with Crippen LogP contribution >= 0.6 is 0 Å². The van der Waals surface area contributed by atoms with Crippen LogP contribution in [0.2, 0.25) is 0 Å². The molecule has 9 heteroatoms. The summed E-state index contributed by atoms with van der Waals surface area (Å²) in [5.41, 5.74) is 0.825. The molecule has 0 spiro atoms. The Morgan fingerprint density at radius 1 is 1.32 bits per heavy atom. The highest BCUT2D eigenvalue weighted by atomic mass is 16.2. The molecule has 0 aliphatic carbocycles. The van der Waals surface area contributed by atoms with Crippen LogP contribution < -0.4 is 5.32 Å². The van der Waals surface area contributed by atoms with Gasteiger partial charge >= 0.3 is 0 Å². The van der Waals surface area contributed by atoms with Gasteiger partial charge in [0, 0.05) is 24.9 Å². The lowest BCUT2D eigenvalue weighted by atomic mass is 10.4. The second-order valence-corrected chi connectivity index (χ2v) is 5.23. The van der Waals surface area contributed by atoms with Crippen molar-refractivity contribution in [2.75, 3.05) is 0 Å². The molecule has 0 radical (unpaired) electrons. The van der Waals surface area contributed by atoms with Crippen molar-refractivity contribution < 1.29 is 4.79 Å². The minimum absolute atomic E-state index is 0.212. The smallest absolute Gasteiger partial charge is 0.290 e. The summed E-state index contributed by atoms with van der Waals surface area (Å²) in [7, 11) is 0. The Bertz CT molecular complexity index is 864. The highest BCUT2D eigenvalue weighted by Gasteiger charge is 2.19. The Morgan fingerprint density at radius 2 is 2.23 bits per heavy atom. The number of carbonyl (C=O) groups is 1. The van der Waals surface area contributed by atoms with Gasteiger partial charge in [0.15, 0.2) is 5.82 Å². The van der Waals surface area contributed by atoms with Crippen LogP contribution in [0.1, 0.15) is 34.4 Å². The van der Waals surface area contributed by atoms with Gasteiger partial charge in [-0.1, -0.05) is 0 Å². The van der Waals surface area contributed by atoms with Gasteiger partial charge in [0.1, 0.15) is 5.82 Å². The van der Waals surface area contributed by atoms with Crippen molar-refractivity contribution in [1.29, 1.82) is 0 Å². The molecule has 3 aromatic rings. The van der Waals surface area contributed by atoms with Gasteiger partial charge in [-0.25, -0.2) is 4.98 Å². The molecule has 9 nitrogen and oxygen atoms in total. The zero-order valence-corrected chi connectivity index (χ0v) is 12.0. The molecule has 22 heavy (non-hydrogen) atoms. The van der Waals surface area contributed by atoms with Crippen LogP contribution in [0.5, 0.6) is 0 Å². The maximum atomic E-state index is 12.3. The lowest BCUT2D eigenvalue weighted by Crippen LogP contribution is -2.26. The van der Waals surface area contributed by atoms with Gasteiger partial charge < -0.3 is 9.88 Å². The third-order valence-electron chi connectivity index (χ3n) is 3.72. The Morgan fingerprint density at radius 3 is 3.14 bits per heavy atom. The lowest BCUT2D eigenvalue weighted by molar-refractivity contribution is 0.0938. The second-order valence-electron chi connectivity index (χ2n) is 5.23. The predicted octanol–water partition coefficient (Wildman–Crippen LogP) is -0.0996. The molecule has 4 heterocycles. The first-order chi connectivity index (χ1) is 10.7. The maximum Gasteiger partial charge on any atom is 0.290 e. The zero-order valence-electron chi connectivity index (χ0n) is 12.0. The number of hydrogen-bond acceptors (Lipinski definition) is 6. The van der Waals surface area contributed by atoms with Crippen molar-refractivity contribution in [3.8, 4) is 0 Å². The number of aryl methyl sites for hydroxylation is 2. The maximum absolute atomic E-state index is 12.3. The van der Waals surface area contributed by atoms with Gasteiger partial charge in [0.05, 0.1) is 6.54 Å². The molecule has 3 aromatic heterocycles. The van der Waals surface area contributed by atoms with E-state index < -0.39 is 0 Å². The van der Waals surface area contributed by atoms with Gasteiger partial charge in [0.2, 0.25) is 5.82 Å². The van der Waals surface area contributed by atoms with E-state index in [1.165, 1.54) is 0 Å². The number of nitrogens with one attached hydrogen (secondary N) is 1. The van der Waals surface area contributed by atoms with E-state index in [9.17, 15) is 4.79 Å². The summed E-state index contributed by atoms with van der Waals surface area (Å²) in [5.74, 6) is 2.06. The second kappa shape index (κ2) is 4.86. The minimum Gasteiger partial charge on any atom is -0.342 e. The molecule has 0 saturated carbocycles. The molecule has 0 saturated heterocycles. The minimum atomic E-state index is -0.312. The lowest BCUT2D eigenvalue weighted by Gasteiger charge is -2.04. The molecule has 0 unspecified atom stereocenters. The van der Waals surface area contributed by atoms with Gasteiger partial charge in [-0.15, -0.1) is 20.4 Å². The molecule has 1 aliphatic rings. The summed E-state index contributed by atoms with van der Waals surface area (Å²) in [4.78, 5) is 16.5. The highest BCUT2D eigenvalue weighted by molar-refractivity contribution is 5.91. The summed E-state index contributed by atoms with van der Waals surface area (Å²) in [6.45, 7) is 3.09.